The third kappa shape index (κ3) is 4.23. The minimum atomic E-state index is -0.439. The second-order valence-corrected chi connectivity index (χ2v) is 6.36. The summed E-state index contributed by atoms with van der Waals surface area (Å²) in [4.78, 5) is 10.5. The van der Waals surface area contributed by atoms with Gasteiger partial charge in [0.25, 0.3) is 5.69 Å². The molecule has 3 rings (SSSR count). The van der Waals surface area contributed by atoms with Gasteiger partial charge in [-0.2, -0.15) is 0 Å². The van der Waals surface area contributed by atoms with Crippen LogP contribution < -0.4 is 4.74 Å². The van der Waals surface area contributed by atoms with Crippen molar-refractivity contribution in [2.75, 3.05) is 0 Å². The number of non-ortho nitro benzene ring substituents is 1. The van der Waals surface area contributed by atoms with Crippen LogP contribution >= 0.6 is 0 Å². The van der Waals surface area contributed by atoms with Gasteiger partial charge in [-0.15, -0.1) is 0 Å². The Morgan fingerprint density at radius 1 is 1.04 bits per heavy atom. The molecule has 0 heterocycles. The number of ether oxygens (including phenoxy) is 1. The molecule has 0 unspecified atom stereocenters. The van der Waals surface area contributed by atoms with E-state index in [-0.39, 0.29) is 17.3 Å². The summed E-state index contributed by atoms with van der Waals surface area (Å²) >= 11 is 0. The van der Waals surface area contributed by atoms with Gasteiger partial charge in [0, 0.05) is 24.1 Å². The number of rotatable bonds is 5. The highest BCUT2D eigenvalue weighted by atomic mass is 19.1. The third-order valence-electron chi connectivity index (χ3n) is 4.23. The highest BCUT2D eigenvalue weighted by Crippen LogP contribution is 2.34. The van der Waals surface area contributed by atoms with Gasteiger partial charge in [0.1, 0.15) is 23.1 Å². The molecular formula is C21H18FNO4. The lowest BCUT2D eigenvalue weighted by Gasteiger charge is -2.13. The van der Waals surface area contributed by atoms with E-state index in [9.17, 15) is 19.6 Å². The largest absolute Gasteiger partial charge is 0.508 e. The maximum absolute atomic E-state index is 13.1. The van der Waals surface area contributed by atoms with Gasteiger partial charge >= 0.3 is 0 Å². The molecule has 0 radical (unpaired) electrons. The van der Waals surface area contributed by atoms with Crippen LogP contribution in [0.1, 0.15) is 22.3 Å². The average Bonchev–Trinajstić information content (AvgIpc) is 2.62. The highest BCUT2D eigenvalue weighted by molar-refractivity contribution is 5.51. The van der Waals surface area contributed by atoms with Crippen molar-refractivity contribution in [2.24, 2.45) is 0 Å². The van der Waals surface area contributed by atoms with Crippen LogP contribution in [0.5, 0.6) is 17.2 Å². The smallest absolute Gasteiger partial charge is 0.270 e. The summed E-state index contributed by atoms with van der Waals surface area (Å²) in [6.45, 7) is 3.49. The Kier molecular flexibility index (Phi) is 5.07. The molecule has 0 bridgehead atoms. The minimum absolute atomic E-state index is 0.0139. The number of benzene rings is 3. The molecule has 6 heteroatoms. The predicted molar refractivity (Wildman–Crippen MR) is 100.0 cm³/mol. The van der Waals surface area contributed by atoms with Gasteiger partial charge in [-0.25, -0.2) is 4.39 Å². The second-order valence-electron chi connectivity index (χ2n) is 6.36. The number of phenols is 1. The second kappa shape index (κ2) is 7.45. The van der Waals surface area contributed by atoms with Gasteiger partial charge < -0.3 is 9.84 Å². The standard InChI is InChI=1S/C21H18FNO4/c1-13-9-18(23(25)26)10-14(2)21(13)27-19-7-8-20(24)16(12-19)11-15-3-5-17(22)6-4-15/h3-10,12,24H,11H2,1-2H3. The van der Waals surface area contributed by atoms with Crippen molar-refractivity contribution in [1.82, 2.24) is 0 Å². The van der Waals surface area contributed by atoms with Gasteiger partial charge in [-0.1, -0.05) is 12.1 Å². The van der Waals surface area contributed by atoms with E-state index >= 15 is 0 Å². The highest BCUT2D eigenvalue weighted by Gasteiger charge is 2.14. The summed E-state index contributed by atoms with van der Waals surface area (Å²) in [6, 6.07) is 13.9. The molecule has 27 heavy (non-hydrogen) atoms. The number of nitrogens with zero attached hydrogens (tertiary/aromatic N) is 1. The fourth-order valence-corrected chi connectivity index (χ4v) is 2.90. The summed E-state index contributed by atoms with van der Waals surface area (Å²) < 4.78 is 19.0. The first-order chi connectivity index (χ1) is 12.8. The average molecular weight is 367 g/mol. The first-order valence-electron chi connectivity index (χ1n) is 8.33. The van der Waals surface area contributed by atoms with E-state index < -0.39 is 4.92 Å². The Morgan fingerprint density at radius 2 is 1.67 bits per heavy atom. The Labute approximate surface area is 155 Å². The van der Waals surface area contributed by atoms with Crippen molar-refractivity contribution in [2.45, 2.75) is 20.3 Å². The quantitative estimate of drug-likeness (QED) is 0.481. The number of hydrogen-bond donors (Lipinski definition) is 1. The van der Waals surface area contributed by atoms with Crippen LogP contribution in [0.15, 0.2) is 54.6 Å². The molecule has 3 aromatic rings. The lowest BCUT2D eigenvalue weighted by atomic mass is 10.0. The van der Waals surface area contributed by atoms with Crippen LogP contribution in [0, 0.1) is 29.8 Å². The van der Waals surface area contributed by atoms with E-state index in [1.54, 1.807) is 38.1 Å². The molecule has 0 aliphatic carbocycles. The van der Waals surface area contributed by atoms with Gasteiger partial charge in [0.2, 0.25) is 0 Å². The van der Waals surface area contributed by atoms with E-state index in [1.165, 1.54) is 30.3 Å². The SMILES string of the molecule is Cc1cc([N+](=O)[O-])cc(C)c1Oc1ccc(O)c(Cc2ccc(F)cc2)c1. The summed E-state index contributed by atoms with van der Waals surface area (Å²) in [5, 5.41) is 21.1. The lowest BCUT2D eigenvalue weighted by molar-refractivity contribution is -0.385. The minimum Gasteiger partial charge on any atom is -0.508 e. The van der Waals surface area contributed by atoms with Gasteiger partial charge in [-0.3, -0.25) is 10.1 Å². The molecule has 0 spiro atoms. The van der Waals surface area contributed by atoms with Crippen molar-refractivity contribution in [3.8, 4) is 17.2 Å². The predicted octanol–water partition coefficient (Wildman–Crippen LogP) is 5.44. The van der Waals surface area contributed by atoms with E-state index in [4.69, 9.17) is 4.74 Å². The van der Waals surface area contributed by atoms with Crippen LogP contribution in [-0.2, 0) is 6.42 Å². The van der Waals surface area contributed by atoms with Crippen LogP contribution in [0.25, 0.3) is 0 Å². The fourth-order valence-electron chi connectivity index (χ4n) is 2.90. The lowest BCUT2D eigenvalue weighted by Crippen LogP contribution is -1.96. The molecule has 0 atom stereocenters. The van der Waals surface area contributed by atoms with Crippen LogP contribution in [0.3, 0.4) is 0 Å². The first kappa shape index (κ1) is 18.4. The molecule has 5 nitrogen and oxygen atoms in total. The third-order valence-corrected chi connectivity index (χ3v) is 4.23. The monoisotopic (exact) mass is 367 g/mol. The number of nitro groups is 1. The van der Waals surface area contributed by atoms with Crippen molar-refractivity contribution in [3.63, 3.8) is 0 Å². The molecule has 138 valence electrons. The molecule has 0 fully saturated rings. The van der Waals surface area contributed by atoms with E-state index in [0.717, 1.165) is 5.56 Å². The van der Waals surface area contributed by atoms with Crippen molar-refractivity contribution >= 4 is 5.69 Å². The van der Waals surface area contributed by atoms with Crippen molar-refractivity contribution in [3.05, 3.63) is 92.8 Å². The zero-order chi connectivity index (χ0) is 19.6. The van der Waals surface area contributed by atoms with Crippen LogP contribution in [0.2, 0.25) is 0 Å². The number of halogens is 1. The first-order valence-corrected chi connectivity index (χ1v) is 8.33. The molecule has 0 aliphatic rings. The van der Waals surface area contributed by atoms with Gasteiger partial charge in [0.15, 0.2) is 0 Å². The molecule has 0 aromatic heterocycles. The summed E-state index contributed by atoms with van der Waals surface area (Å²) in [5.41, 5.74) is 2.80. The molecule has 0 amide bonds. The van der Waals surface area contributed by atoms with Crippen LogP contribution in [0.4, 0.5) is 10.1 Å². The maximum Gasteiger partial charge on any atom is 0.270 e. The van der Waals surface area contributed by atoms with Gasteiger partial charge in [0.05, 0.1) is 4.92 Å². The number of phenolic OH excluding ortho intramolecular Hbond substituents is 1. The maximum atomic E-state index is 13.1. The summed E-state index contributed by atoms with van der Waals surface area (Å²) in [6.07, 6.45) is 0.418. The molecule has 0 saturated carbocycles. The van der Waals surface area contributed by atoms with Gasteiger partial charge in [-0.05, 0) is 60.9 Å². The van der Waals surface area contributed by atoms with E-state index in [2.05, 4.69) is 0 Å². The topological polar surface area (TPSA) is 72.6 Å². The number of hydrogen-bond acceptors (Lipinski definition) is 4. The van der Waals surface area contributed by atoms with Crippen molar-refractivity contribution < 1.29 is 19.2 Å². The number of nitro benzene ring substituents is 1. The van der Waals surface area contributed by atoms with E-state index in [1.807, 2.05) is 0 Å². The number of aromatic hydroxyl groups is 1. The molecular weight excluding hydrogens is 349 g/mol. The molecule has 0 aliphatic heterocycles. The summed E-state index contributed by atoms with van der Waals surface area (Å²) in [5.74, 6) is 0.844. The fraction of sp³-hybridized carbons (Fsp3) is 0.143. The molecule has 3 aromatic carbocycles. The van der Waals surface area contributed by atoms with E-state index in [0.29, 0.717) is 34.6 Å². The Balaban J connectivity index is 1.88. The molecule has 1 N–H and O–H groups in total. The normalized spacial score (nSPS) is 10.6. The van der Waals surface area contributed by atoms with Crippen LogP contribution in [-0.4, -0.2) is 10.0 Å². The Hall–Kier alpha value is -3.41. The summed E-state index contributed by atoms with van der Waals surface area (Å²) in [7, 11) is 0. The zero-order valence-corrected chi connectivity index (χ0v) is 14.9. The Morgan fingerprint density at radius 3 is 2.26 bits per heavy atom. The number of aryl methyl sites for hydroxylation is 2. The zero-order valence-electron chi connectivity index (χ0n) is 14.9. The van der Waals surface area contributed by atoms with Crippen molar-refractivity contribution in [1.29, 1.82) is 0 Å². The molecule has 0 saturated heterocycles. The Bertz CT molecular complexity index is 977.